The number of ether oxygens (including phenoxy) is 4. The van der Waals surface area contributed by atoms with Crippen molar-refractivity contribution in [2.45, 2.75) is 25.4 Å². The molecule has 2 aliphatic heterocycles. The fourth-order valence-corrected chi connectivity index (χ4v) is 4.12. The van der Waals surface area contributed by atoms with Gasteiger partial charge < -0.3 is 34.1 Å². The first-order valence-electron chi connectivity index (χ1n) is 10.8. The lowest BCUT2D eigenvalue weighted by molar-refractivity contribution is -0.142. The molecule has 9 nitrogen and oxygen atoms in total. The summed E-state index contributed by atoms with van der Waals surface area (Å²) in [5.41, 5.74) is 1.02. The Morgan fingerprint density at radius 3 is 2.34 bits per heavy atom. The van der Waals surface area contributed by atoms with Gasteiger partial charge in [-0.05, 0) is 25.3 Å². The van der Waals surface area contributed by atoms with Crippen LogP contribution in [-0.2, 0) is 16.0 Å². The smallest absolute Gasteiger partial charge is 0.251 e. The number of rotatable bonds is 7. The Morgan fingerprint density at radius 1 is 1.09 bits per heavy atom. The lowest BCUT2D eigenvalue weighted by Crippen LogP contribution is -2.55. The van der Waals surface area contributed by atoms with Gasteiger partial charge in [-0.3, -0.25) is 9.79 Å². The Balaban J connectivity index is 0.00000363. The summed E-state index contributed by atoms with van der Waals surface area (Å²) in [6.45, 7) is 4.24. The third-order valence-corrected chi connectivity index (χ3v) is 5.77. The molecule has 0 radical (unpaired) electrons. The van der Waals surface area contributed by atoms with E-state index in [9.17, 15) is 4.79 Å². The molecule has 1 aromatic carbocycles. The van der Waals surface area contributed by atoms with Crippen LogP contribution >= 0.6 is 24.0 Å². The maximum absolute atomic E-state index is 12.5. The van der Waals surface area contributed by atoms with Crippen molar-refractivity contribution in [2.75, 3.05) is 67.7 Å². The summed E-state index contributed by atoms with van der Waals surface area (Å²) < 4.78 is 21.9. The molecule has 0 aliphatic carbocycles. The summed E-state index contributed by atoms with van der Waals surface area (Å²) in [6.07, 6.45) is 2.29. The number of aliphatic imine (C=N–C) groups is 1. The molecule has 10 heteroatoms. The fourth-order valence-electron chi connectivity index (χ4n) is 4.12. The van der Waals surface area contributed by atoms with Crippen LogP contribution in [0.4, 0.5) is 0 Å². The number of nitrogens with one attached hydrogen (secondary N) is 1. The maximum Gasteiger partial charge on any atom is 0.251 e. The highest BCUT2D eigenvalue weighted by atomic mass is 127. The molecule has 32 heavy (non-hydrogen) atoms. The van der Waals surface area contributed by atoms with Gasteiger partial charge in [0.15, 0.2) is 17.5 Å². The molecular formula is C22H35IN4O5. The van der Waals surface area contributed by atoms with E-state index in [1.54, 1.807) is 28.4 Å². The molecule has 0 saturated carbocycles. The van der Waals surface area contributed by atoms with Crippen LogP contribution in [0, 0.1) is 0 Å². The largest absolute Gasteiger partial charge is 0.493 e. The fraction of sp³-hybridized carbons (Fsp3) is 0.636. The van der Waals surface area contributed by atoms with Crippen LogP contribution in [0.5, 0.6) is 17.2 Å². The average Bonchev–Trinajstić information content (AvgIpc) is 3.36. The monoisotopic (exact) mass is 562 g/mol. The number of methoxy groups -OCH3 is 3. The number of hydrogen-bond acceptors (Lipinski definition) is 6. The molecule has 1 amide bonds. The number of hydrogen-bond donors (Lipinski definition) is 1. The Hall–Kier alpha value is -1.95. The van der Waals surface area contributed by atoms with Crippen LogP contribution in [0.15, 0.2) is 17.1 Å². The van der Waals surface area contributed by atoms with E-state index in [4.69, 9.17) is 18.9 Å². The van der Waals surface area contributed by atoms with E-state index < -0.39 is 0 Å². The van der Waals surface area contributed by atoms with E-state index in [1.807, 2.05) is 17.0 Å². The van der Waals surface area contributed by atoms with E-state index in [2.05, 4.69) is 15.2 Å². The van der Waals surface area contributed by atoms with E-state index in [1.165, 1.54) is 0 Å². The van der Waals surface area contributed by atoms with Gasteiger partial charge in [0.05, 0.1) is 21.3 Å². The molecule has 0 bridgehead atoms. The summed E-state index contributed by atoms with van der Waals surface area (Å²) >= 11 is 0. The summed E-state index contributed by atoms with van der Waals surface area (Å²) in [5, 5.41) is 3.42. The molecule has 2 saturated heterocycles. The summed E-state index contributed by atoms with van der Waals surface area (Å²) in [4.78, 5) is 21.1. The number of amides is 1. The van der Waals surface area contributed by atoms with Gasteiger partial charge in [0.2, 0.25) is 5.75 Å². The second-order valence-electron chi connectivity index (χ2n) is 7.53. The van der Waals surface area contributed by atoms with Gasteiger partial charge in [-0.15, -0.1) is 24.0 Å². The van der Waals surface area contributed by atoms with Crippen molar-refractivity contribution in [1.82, 2.24) is 15.1 Å². The Bertz CT molecular complexity index is 778. The standard InChI is InChI=1S/C22H34N4O5.HI/c1-23-22(26-13-11-25(12-14-26)21(27)18-6-5-15-31-18)24-10-9-16-7-8-17(28-2)20(30-4)19(16)29-3;/h7-8,18H,5-6,9-15H2,1-4H3,(H,23,24);1H. The van der Waals surface area contributed by atoms with Crippen LogP contribution in [0.3, 0.4) is 0 Å². The quantitative estimate of drug-likeness (QED) is 0.308. The summed E-state index contributed by atoms with van der Waals surface area (Å²) in [5.74, 6) is 2.88. The maximum atomic E-state index is 12.5. The minimum absolute atomic E-state index is 0. The molecule has 3 rings (SSSR count). The van der Waals surface area contributed by atoms with E-state index in [-0.39, 0.29) is 36.0 Å². The molecule has 0 aromatic heterocycles. The topological polar surface area (TPSA) is 84.9 Å². The average molecular weight is 562 g/mol. The molecule has 1 N–H and O–H groups in total. The molecule has 1 atom stereocenters. The number of guanidine groups is 1. The second kappa shape index (κ2) is 12.9. The lowest BCUT2D eigenvalue weighted by atomic mass is 10.1. The highest BCUT2D eigenvalue weighted by Crippen LogP contribution is 2.39. The van der Waals surface area contributed by atoms with Gasteiger partial charge in [0.1, 0.15) is 6.10 Å². The number of piperazine rings is 1. The Morgan fingerprint density at radius 2 is 1.78 bits per heavy atom. The number of carbonyl (C=O) groups is 1. The van der Waals surface area contributed by atoms with Gasteiger partial charge in [-0.1, -0.05) is 6.07 Å². The van der Waals surface area contributed by atoms with E-state index in [0.717, 1.165) is 43.9 Å². The van der Waals surface area contributed by atoms with Crippen LogP contribution in [0.25, 0.3) is 0 Å². The lowest BCUT2D eigenvalue weighted by Gasteiger charge is -2.37. The number of halogens is 1. The minimum Gasteiger partial charge on any atom is -0.493 e. The first kappa shape index (κ1) is 26.3. The molecule has 1 aromatic rings. The molecule has 1 unspecified atom stereocenters. The first-order chi connectivity index (χ1) is 15.1. The summed E-state index contributed by atoms with van der Waals surface area (Å²) in [6, 6.07) is 3.87. The Labute approximate surface area is 207 Å². The van der Waals surface area contributed by atoms with Gasteiger partial charge in [0.25, 0.3) is 5.91 Å². The van der Waals surface area contributed by atoms with Gasteiger partial charge in [0, 0.05) is 51.9 Å². The molecule has 180 valence electrons. The molecule has 2 fully saturated rings. The van der Waals surface area contributed by atoms with Crippen LogP contribution in [0.2, 0.25) is 0 Å². The van der Waals surface area contributed by atoms with Crippen LogP contribution in [0.1, 0.15) is 18.4 Å². The van der Waals surface area contributed by atoms with Gasteiger partial charge in [-0.25, -0.2) is 0 Å². The third-order valence-electron chi connectivity index (χ3n) is 5.77. The normalized spacial score (nSPS) is 18.8. The minimum atomic E-state index is -0.250. The first-order valence-corrected chi connectivity index (χ1v) is 10.8. The predicted molar refractivity (Wildman–Crippen MR) is 134 cm³/mol. The van der Waals surface area contributed by atoms with Gasteiger partial charge >= 0.3 is 0 Å². The third kappa shape index (κ3) is 6.09. The van der Waals surface area contributed by atoms with Crippen molar-refractivity contribution in [3.8, 4) is 17.2 Å². The van der Waals surface area contributed by atoms with Crippen LogP contribution < -0.4 is 19.5 Å². The highest BCUT2D eigenvalue weighted by molar-refractivity contribution is 14.0. The van der Waals surface area contributed by atoms with Crippen molar-refractivity contribution in [3.05, 3.63) is 17.7 Å². The van der Waals surface area contributed by atoms with Crippen molar-refractivity contribution in [1.29, 1.82) is 0 Å². The van der Waals surface area contributed by atoms with E-state index in [0.29, 0.717) is 43.5 Å². The highest BCUT2D eigenvalue weighted by Gasteiger charge is 2.30. The number of carbonyl (C=O) groups excluding carboxylic acids is 1. The zero-order valence-corrected chi connectivity index (χ0v) is 21.7. The SMILES string of the molecule is CN=C(NCCc1ccc(OC)c(OC)c1OC)N1CCN(C(=O)C2CCCO2)CC1.I. The number of nitrogens with zero attached hydrogens (tertiary/aromatic N) is 3. The Kier molecular flexibility index (Phi) is 10.6. The van der Waals surface area contributed by atoms with Crippen molar-refractivity contribution in [3.63, 3.8) is 0 Å². The van der Waals surface area contributed by atoms with Gasteiger partial charge in [-0.2, -0.15) is 0 Å². The zero-order chi connectivity index (χ0) is 22.2. The zero-order valence-electron chi connectivity index (χ0n) is 19.4. The summed E-state index contributed by atoms with van der Waals surface area (Å²) in [7, 11) is 6.62. The van der Waals surface area contributed by atoms with Crippen molar-refractivity contribution in [2.24, 2.45) is 4.99 Å². The number of benzene rings is 1. The molecular weight excluding hydrogens is 527 g/mol. The van der Waals surface area contributed by atoms with Crippen molar-refractivity contribution < 1.29 is 23.7 Å². The van der Waals surface area contributed by atoms with Crippen molar-refractivity contribution >= 4 is 35.8 Å². The molecule has 2 aliphatic rings. The second-order valence-corrected chi connectivity index (χ2v) is 7.53. The molecule has 2 heterocycles. The predicted octanol–water partition coefficient (Wildman–Crippen LogP) is 1.77. The molecule has 0 spiro atoms. The van der Waals surface area contributed by atoms with E-state index >= 15 is 0 Å². The van der Waals surface area contributed by atoms with Crippen LogP contribution in [-0.4, -0.2) is 95.5 Å².